The Balaban J connectivity index is 1.14. The normalized spacial score (nSPS) is 12.5. The molecule has 58 heavy (non-hydrogen) atoms. The lowest BCUT2D eigenvalue weighted by molar-refractivity contribution is 0.475. The van der Waals surface area contributed by atoms with Gasteiger partial charge in [0.2, 0.25) is 0 Å². The number of hydrogen-bond donors (Lipinski definition) is 1. The predicted octanol–water partition coefficient (Wildman–Crippen LogP) is 14.0. The molecule has 6 nitrogen and oxygen atoms in total. The van der Waals surface area contributed by atoms with E-state index in [4.69, 9.17) is 18.8 Å². The maximum atomic E-state index is 12.4. The fraction of sp³-hybridized carbons (Fsp3) is 0.0769. The molecule has 0 spiro atoms. The monoisotopic (exact) mass is 749 g/mol. The minimum atomic E-state index is -0.126. The smallest absolute Gasteiger partial charge is 0.177 e. The first-order chi connectivity index (χ1) is 28.3. The molecular formula is C52H35N3O3. The zero-order chi connectivity index (χ0) is 38.9. The number of imidazole rings is 1. The Morgan fingerprint density at radius 1 is 0.534 bits per heavy atom. The molecule has 0 unspecified atom stereocenters. The molecule has 0 amide bonds. The molecule has 0 aliphatic heterocycles. The summed E-state index contributed by atoms with van der Waals surface area (Å²) in [6, 6.07) is 50.4. The molecule has 0 bridgehead atoms. The van der Waals surface area contributed by atoms with Gasteiger partial charge in [-0.15, -0.1) is 0 Å². The Kier molecular flexibility index (Phi) is 6.66. The molecule has 12 rings (SSSR count). The van der Waals surface area contributed by atoms with Crippen molar-refractivity contribution in [3.8, 4) is 39.3 Å². The molecule has 5 heterocycles. The molecule has 6 heteroatoms. The van der Waals surface area contributed by atoms with Gasteiger partial charge in [-0.2, -0.15) is 0 Å². The number of fused-ring (bicyclic) bond motifs is 15. The second kappa shape index (κ2) is 11.8. The van der Waals surface area contributed by atoms with Crippen molar-refractivity contribution in [3.05, 3.63) is 157 Å². The molecule has 0 atom stereocenters. The van der Waals surface area contributed by atoms with Gasteiger partial charge in [-0.3, -0.25) is 9.38 Å². The number of phenols is 1. The van der Waals surface area contributed by atoms with Crippen LogP contribution in [0.3, 0.4) is 0 Å². The fourth-order valence-electron chi connectivity index (χ4n) is 9.00. The second-order valence-corrected chi connectivity index (χ2v) is 16.3. The topological polar surface area (TPSA) is 76.7 Å². The lowest BCUT2D eigenvalue weighted by atomic mass is 9.83. The maximum Gasteiger partial charge on any atom is 0.177 e. The number of phenolic OH excluding ortho intramolecular Hbond substituents is 1. The third-order valence-electron chi connectivity index (χ3n) is 11.9. The van der Waals surface area contributed by atoms with Crippen LogP contribution in [0.4, 0.5) is 0 Å². The van der Waals surface area contributed by atoms with Gasteiger partial charge >= 0.3 is 0 Å². The summed E-state index contributed by atoms with van der Waals surface area (Å²) in [5.41, 5.74) is 13.4. The number of rotatable bonds is 3. The Hall–Kier alpha value is -7.44. The highest BCUT2D eigenvalue weighted by Gasteiger charge is 2.25. The van der Waals surface area contributed by atoms with Crippen LogP contribution < -0.4 is 0 Å². The van der Waals surface area contributed by atoms with E-state index in [1.54, 1.807) is 0 Å². The highest BCUT2D eigenvalue weighted by atomic mass is 16.4. The average molecular weight is 750 g/mol. The van der Waals surface area contributed by atoms with E-state index < -0.39 is 0 Å². The molecule has 0 fully saturated rings. The van der Waals surface area contributed by atoms with Crippen molar-refractivity contribution in [2.75, 3.05) is 0 Å². The molecule has 0 radical (unpaired) electrons. The van der Waals surface area contributed by atoms with Gasteiger partial charge in [0, 0.05) is 38.9 Å². The quantitative estimate of drug-likeness (QED) is 0.182. The summed E-state index contributed by atoms with van der Waals surface area (Å²) in [7, 11) is 0. The number of benzene rings is 7. The van der Waals surface area contributed by atoms with Crippen LogP contribution >= 0.6 is 0 Å². The van der Waals surface area contributed by atoms with E-state index in [2.05, 4.69) is 128 Å². The zero-order valence-corrected chi connectivity index (χ0v) is 32.0. The van der Waals surface area contributed by atoms with Gasteiger partial charge in [-0.25, -0.2) is 4.98 Å². The molecule has 0 saturated carbocycles. The first-order valence-electron chi connectivity index (χ1n) is 19.6. The number of nitrogens with zero attached hydrogens (tertiary/aromatic N) is 3. The van der Waals surface area contributed by atoms with Gasteiger partial charge in [0.1, 0.15) is 22.4 Å². The van der Waals surface area contributed by atoms with Crippen molar-refractivity contribution in [1.82, 2.24) is 14.4 Å². The van der Waals surface area contributed by atoms with E-state index in [1.807, 2.05) is 48.7 Å². The number of aromatic hydroxyl groups is 1. The van der Waals surface area contributed by atoms with Gasteiger partial charge in [-0.1, -0.05) is 106 Å². The number of para-hydroxylation sites is 3. The largest absolute Gasteiger partial charge is 0.504 e. The van der Waals surface area contributed by atoms with Crippen LogP contribution in [-0.4, -0.2) is 19.5 Å². The van der Waals surface area contributed by atoms with E-state index >= 15 is 0 Å². The van der Waals surface area contributed by atoms with Crippen molar-refractivity contribution in [2.24, 2.45) is 0 Å². The van der Waals surface area contributed by atoms with Crippen molar-refractivity contribution in [3.63, 3.8) is 0 Å². The molecular weight excluding hydrogens is 715 g/mol. The van der Waals surface area contributed by atoms with Gasteiger partial charge in [0.25, 0.3) is 0 Å². The van der Waals surface area contributed by atoms with Gasteiger partial charge in [0.05, 0.1) is 33.0 Å². The second-order valence-electron chi connectivity index (χ2n) is 16.3. The highest BCUT2D eigenvalue weighted by molar-refractivity contribution is 6.28. The lowest BCUT2D eigenvalue weighted by Crippen LogP contribution is -2.11. The molecule has 1 N–H and O–H groups in total. The van der Waals surface area contributed by atoms with E-state index in [0.717, 1.165) is 93.5 Å². The Morgan fingerprint density at radius 3 is 2.16 bits per heavy atom. The van der Waals surface area contributed by atoms with Gasteiger partial charge < -0.3 is 13.9 Å². The molecule has 276 valence electrons. The summed E-state index contributed by atoms with van der Waals surface area (Å²) >= 11 is 0. The van der Waals surface area contributed by atoms with Crippen LogP contribution in [0.25, 0.3) is 116 Å². The Labute approximate surface area is 332 Å². The third kappa shape index (κ3) is 4.66. The van der Waals surface area contributed by atoms with E-state index in [1.165, 1.54) is 5.56 Å². The zero-order valence-electron chi connectivity index (χ0n) is 32.0. The van der Waals surface area contributed by atoms with Crippen LogP contribution in [0.1, 0.15) is 26.3 Å². The highest BCUT2D eigenvalue weighted by Crippen LogP contribution is 2.47. The van der Waals surface area contributed by atoms with Crippen LogP contribution in [0.2, 0.25) is 0 Å². The van der Waals surface area contributed by atoms with Crippen LogP contribution in [0.15, 0.2) is 161 Å². The molecule has 0 aliphatic carbocycles. The fourth-order valence-corrected chi connectivity index (χ4v) is 9.00. The summed E-state index contributed by atoms with van der Waals surface area (Å²) in [5.74, 6) is 0.0574. The third-order valence-corrected chi connectivity index (χ3v) is 11.9. The molecule has 5 aromatic heterocycles. The van der Waals surface area contributed by atoms with Crippen LogP contribution in [0, 0.1) is 0 Å². The van der Waals surface area contributed by atoms with Crippen molar-refractivity contribution < 1.29 is 13.9 Å². The summed E-state index contributed by atoms with van der Waals surface area (Å²) in [5, 5.41) is 18.6. The molecule has 0 saturated heterocycles. The standard InChI is InChI=1S/C52H35N3O3/c1-52(2,3)33-25-31(24-32(26-33)40-27-30(22-23-53-40)29-12-5-4-6-13-29)34-16-11-18-42-47(34)54-51-46-38(35-14-7-9-17-41(35)55(42)51)28-39-45-44(58-50(39)48(46)56)21-20-37-36-15-8-10-19-43(36)57-49(37)45/h4-28,56H,1-3H3. The summed E-state index contributed by atoms with van der Waals surface area (Å²) in [4.78, 5) is 10.3. The minimum absolute atomic E-state index is 0.0574. The Morgan fingerprint density at radius 2 is 1.29 bits per heavy atom. The summed E-state index contributed by atoms with van der Waals surface area (Å²) in [6.07, 6.45) is 1.89. The van der Waals surface area contributed by atoms with Crippen molar-refractivity contribution in [1.29, 1.82) is 0 Å². The van der Waals surface area contributed by atoms with E-state index in [9.17, 15) is 5.11 Å². The van der Waals surface area contributed by atoms with E-state index in [0.29, 0.717) is 22.2 Å². The van der Waals surface area contributed by atoms with E-state index in [-0.39, 0.29) is 11.2 Å². The van der Waals surface area contributed by atoms with Crippen LogP contribution in [0.5, 0.6) is 5.75 Å². The number of aromatic nitrogens is 3. The molecule has 12 aromatic rings. The molecule has 0 aliphatic rings. The first-order valence-corrected chi connectivity index (χ1v) is 19.6. The number of hydrogen-bond acceptors (Lipinski definition) is 5. The average Bonchev–Trinajstić information content (AvgIpc) is 3.95. The lowest BCUT2D eigenvalue weighted by Gasteiger charge is -2.22. The first kappa shape index (κ1) is 32.8. The summed E-state index contributed by atoms with van der Waals surface area (Å²) < 4.78 is 15.2. The minimum Gasteiger partial charge on any atom is -0.504 e. The number of furan rings is 2. The maximum absolute atomic E-state index is 12.4. The SMILES string of the molecule is CC(C)(C)c1cc(-c2cc(-c3ccccc3)ccn2)cc(-c2cccc3c2nc2c4c(O)c5oc6ccc7c8ccccc8oc7c6c5cc4c4ccccc4n32)c1. The summed E-state index contributed by atoms with van der Waals surface area (Å²) in [6.45, 7) is 6.73. The van der Waals surface area contributed by atoms with Crippen molar-refractivity contribution >= 4 is 82.2 Å². The number of pyridine rings is 2. The van der Waals surface area contributed by atoms with Gasteiger partial charge in [0.15, 0.2) is 11.3 Å². The van der Waals surface area contributed by atoms with Crippen LogP contribution in [-0.2, 0) is 5.41 Å². The van der Waals surface area contributed by atoms with Crippen molar-refractivity contribution in [2.45, 2.75) is 26.2 Å². The molecule has 7 aromatic carbocycles. The van der Waals surface area contributed by atoms with Gasteiger partial charge in [-0.05, 0) is 93.7 Å². The Bertz CT molecular complexity index is 3680. The predicted molar refractivity (Wildman–Crippen MR) is 237 cm³/mol.